The normalized spacial score (nSPS) is 12.4. The van der Waals surface area contributed by atoms with Crippen LogP contribution < -0.4 is 11.1 Å². The van der Waals surface area contributed by atoms with Gasteiger partial charge in [-0.3, -0.25) is 4.79 Å². The summed E-state index contributed by atoms with van der Waals surface area (Å²) >= 11 is 1.77. The van der Waals surface area contributed by atoms with E-state index in [1.807, 2.05) is 0 Å². The predicted octanol–water partition coefficient (Wildman–Crippen LogP) is 1.76. The van der Waals surface area contributed by atoms with Crippen LogP contribution in [0, 0.1) is 5.92 Å². The largest absolute Gasteiger partial charge is 0.396 e. The van der Waals surface area contributed by atoms with Gasteiger partial charge in [0.2, 0.25) is 5.91 Å². The molecule has 0 rings (SSSR count). The lowest BCUT2D eigenvalue weighted by atomic mass is 9.94. The third-order valence-electron chi connectivity index (χ3n) is 3.07. The number of aliphatic hydroxyl groups excluding tert-OH is 1. The Morgan fingerprint density at radius 3 is 2.74 bits per heavy atom. The quantitative estimate of drug-likeness (QED) is 0.452. The standard InChI is InChI=1S/C14H30N2O2S/c1-2-4-13(7-8-15)5-6-14(18)16-9-12-19-11-3-10-17/h13,17H,2-12,15H2,1H3,(H,16,18). The summed E-state index contributed by atoms with van der Waals surface area (Å²) in [5, 5.41) is 11.6. The fraction of sp³-hybridized carbons (Fsp3) is 0.929. The van der Waals surface area contributed by atoms with E-state index in [4.69, 9.17) is 10.8 Å². The van der Waals surface area contributed by atoms with Gasteiger partial charge in [0.15, 0.2) is 0 Å². The van der Waals surface area contributed by atoms with Crippen molar-refractivity contribution in [3.63, 3.8) is 0 Å². The van der Waals surface area contributed by atoms with Gasteiger partial charge < -0.3 is 16.2 Å². The third-order valence-corrected chi connectivity index (χ3v) is 4.14. The van der Waals surface area contributed by atoms with Crippen molar-refractivity contribution in [1.29, 1.82) is 0 Å². The molecule has 0 aliphatic heterocycles. The van der Waals surface area contributed by atoms with Gasteiger partial charge in [-0.1, -0.05) is 19.8 Å². The number of rotatable bonds is 13. The van der Waals surface area contributed by atoms with Gasteiger partial charge in [0.1, 0.15) is 0 Å². The van der Waals surface area contributed by atoms with Crippen LogP contribution >= 0.6 is 11.8 Å². The number of nitrogens with two attached hydrogens (primary N) is 1. The number of amides is 1. The van der Waals surface area contributed by atoms with Crippen LogP contribution in [0.25, 0.3) is 0 Å². The zero-order chi connectivity index (χ0) is 14.3. The second-order valence-electron chi connectivity index (χ2n) is 4.81. The van der Waals surface area contributed by atoms with Gasteiger partial charge in [0.25, 0.3) is 0 Å². The first-order chi connectivity index (χ1) is 9.24. The predicted molar refractivity (Wildman–Crippen MR) is 83.3 cm³/mol. The molecule has 0 fully saturated rings. The first-order valence-corrected chi connectivity index (χ1v) is 8.55. The number of nitrogens with one attached hydrogen (secondary N) is 1. The topological polar surface area (TPSA) is 75.4 Å². The Balaban J connectivity index is 3.50. The minimum atomic E-state index is 0.154. The van der Waals surface area contributed by atoms with Crippen LogP contribution in [0.4, 0.5) is 0 Å². The fourth-order valence-corrected chi connectivity index (χ4v) is 2.82. The van der Waals surface area contributed by atoms with E-state index in [1.54, 1.807) is 11.8 Å². The SMILES string of the molecule is CCCC(CCN)CCC(=O)NCCSCCCO. The lowest BCUT2D eigenvalue weighted by molar-refractivity contribution is -0.121. The highest BCUT2D eigenvalue weighted by atomic mass is 32.2. The summed E-state index contributed by atoms with van der Waals surface area (Å²) in [6.45, 7) is 3.87. The summed E-state index contributed by atoms with van der Waals surface area (Å²) in [4.78, 5) is 11.7. The molecule has 0 saturated heterocycles. The molecule has 0 spiro atoms. The number of thioether (sulfide) groups is 1. The number of carbonyl (C=O) groups is 1. The van der Waals surface area contributed by atoms with Crippen molar-refractivity contribution in [3.8, 4) is 0 Å². The second kappa shape index (κ2) is 14.2. The van der Waals surface area contributed by atoms with Crippen LogP contribution in [-0.4, -0.2) is 42.2 Å². The molecular weight excluding hydrogens is 260 g/mol. The van der Waals surface area contributed by atoms with Crippen LogP contribution in [0.2, 0.25) is 0 Å². The molecule has 1 unspecified atom stereocenters. The Morgan fingerprint density at radius 1 is 1.32 bits per heavy atom. The van der Waals surface area contributed by atoms with Crippen molar-refractivity contribution in [2.45, 2.75) is 45.4 Å². The minimum absolute atomic E-state index is 0.154. The lowest BCUT2D eigenvalue weighted by Gasteiger charge is -2.14. The highest BCUT2D eigenvalue weighted by Crippen LogP contribution is 2.16. The highest BCUT2D eigenvalue weighted by Gasteiger charge is 2.09. The molecule has 0 bridgehead atoms. The van der Waals surface area contributed by atoms with Crippen molar-refractivity contribution >= 4 is 17.7 Å². The van der Waals surface area contributed by atoms with E-state index in [1.165, 1.54) is 6.42 Å². The zero-order valence-electron chi connectivity index (χ0n) is 12.2. The number of hydrogen-bond acceptors (Lipinski definition) is 4. The monoisotopic (exact) mass is 290 g/mol. The number of carbonyl (C=O) groups excluding carboxylic acids is 1. The van der Waals surface area contributed by atoms with E-state index in [0.29, 0.717) is 18.9 Å². The summed E-state index contributed by atoms with van der Waals surface area (Å²) in [6.07, 6.45) is 5.75. The molecule has 0 aromatic heterocycles. The van der Waals surface area contributed by atoms with Crippen molar-refractivity contribution in [2.75, 3.05) is 31.2 Å². The van der Waals surface area contributed by atoms with E-state index in [-0.39, 0.29) is 12.5 Å². The van der Waals surface area contributed by atoms with E-state index < -0.39 is 0 Å². The molecule has 0 aliphatic carbocycles. The second-order valence-corrected chi connectivity index (χ2v) is 6.03. The van der Waals surface area contributed by atoms with Gasteiger partial charge in [0, 0.05) is 25.3 Å². The maximum atomic E-state index is 11.7. The van der Waals surface area contributed by atoms with Gasteiger partial charge in [0.05, 0.1) is 0 Å². The summed E-state index contributed by atoms with van der Waals surface area (Å²) in [6, 6.07) is 0. The van der Waals surface area contributed by atoms with Gasteiger partial charge in [-0.25, -0.2) is 0 Å². The maximum Gasteiger partial charge on any atom is 0.220 e. The maximum absolute atomic E-state index is 11.7. The average Bonchev–Trinajstić information content (AvgIpc) is 2.40. The van der Waals surface area contributed by atoms with Crippen molar-refractivity contribution in [3.05, 3.63) is 0 Å². The summed E-state index contributed by atoms with van der Waals surface area (Å²) in [7, 11) is 0. The van der Waals surface area contributed by atoms with Crippen molar-refractivity contribution in [2.24, 2.45) is 11.7 Å². The highest BCUT2D eigenvalue weighted by molar-refractivity contribution is 7.99. The Labute approximate surface area is 121 Å². The Hall–Kier alpha value is -0.260. The number of hydrogen-bond donors (Lipinski definition) is 3. The summed E-state index contributed by atoms with van der Waals surface area (Å²) in [5.74, 6) is 2.63. The first kappa shape index (κ1) is 18.7. The van der Waals surface area contributed by atoms with Crippen molar-refractivity contribution in [1.82, 2.24) is 5.32 Å². The summed E-state index contributed by atoms with van der Waals surface area (Å²) in [5.41, 5.74) is 5.58. The summed E-state index contributed by atoms with van der Waals surface area (Å²) < 4.78 is 0. The van der Waals surface area contributed by atoms with E-state index >= 15 is 0 Å². The lowest BCUT2D eigenvalue weighted by Crippen LogP contribution is -2.26. The van der Waals surface area contributed by atoms with Crippen LogP contribution in [0.1, 0.15) is 45.4 Å². The molecule has 114 valence electrons. The van der Waals surface area contributed by atoms with Crippen LogP contribution in [0.15, 0.2) is 0 Å². The molecular formula is C14H30N2O2S. The molecule has 1 atom stereocenters. The van der Waals surface area contributed by atoms with Gasteiger partial charge in [-0.15, -0.1) is 0 Å². The number of aliphatic hydroxyl groups is 1. The molecule has 0 aliphatic rings. The minimum Gasteiger partial charge on any atom is -0.396 e. The zero-order valence-corrected chi connectivity index (χ0v) is 13.0. The fourth-order valence-electron chi connectivity index (χ4n) is 2.03. The van der Waals surface area contributed by atoms with E-state index in [2.05, 4.69) is 12.2 Å². The Kier molecular flexibility index (Phi) is 14.0. The molecule has 0 heterocycles. The van der Waals surface area contributed by atoms with Crippen LogP contribution in [0.3, 0.4) is 0 Å². The Bertz CT molecular complexity index is 210. The molecule has 4 N–H and O–H groups in total. The molecule has 19 heavy (non-hydrogen) atoms. The molecule has 5 heteroatoms. The molecule has 0 radical (unpaired) electrons. The smallest absolute Gasteiger partial charge is 0.220 e. The van der Waals surface area contributed by atoms with E-state index in [0.717, 1.165) is 43.7 Å². The molecule has 4 nitrogen and oxygen atoms in total. The van der Waals surface area contributed by atoms with Crippen molar-refractivity contribution < 1.29 is 9.90 Å². The molecule has 1 amide bonds. The van der Waals surface area contributed by atoms with Crippen LogP contribution in [0.5, 0.6) is 0 Å². The third kappa shape index (κ3) is 12.5. The van der Waals surface area contributed by atoms with Gasteiger partial charge in [-0.05, 0) is 37.5 Å². The molecule has 0 aromatic carbocycles. The van der Waals surface area contributed by atoms with E-state index in [9.17, 15) is 4.79 Å². The molecule has 0 aromatic rings. The van der Waals surface area contributed by atoms with Gasteiger partial charge >= 0.3 is 0 Å². The van der Waals surface area contributed by atoms with Gasteiger partial charge in [-0.2, -0.15) is 11.8 Å². The molecule has 0 saturated carbocycles. The first-order valence-electron chi connectivity index (χ1n) is 7.39. The Morgan fingerprint density at radius 2 is 2.11 bits per heavy atom. The average molecular weight is 290 g/mol. The van der Waals surface area contributed by atoms with Crippen LogP contribution in [-0.2, 0) is 4.79 Å².